The zero-order valence-electron chi connectivity index (χ0n) is 14.5. The summed E-state index contributed by atoms with van der Waals surface area (Å²) in [6.07, 6.45) is 3.28. The van der Waals surface area contributed by atoms with Crippen LogP contribution in [0.25, 0.3) is 0 Å². The van der Waals surface area contributed by atoms with Crippen LogP contribution in [-0.2, 0) is 21.4 Å². The van der Waals surface area contributed by atoms with Gasteiger partial charge in [-0.05, 0) is 35.9 Å². The maximum atomic E-state index is 12.5. The van der Waals surface area contributed by atoms with E-state index in [9.17, 15) is 13.2 Å². The Bertz CT molecular complexity index is 860. The number of pyridine rings is 1. The summed E-state index contributed by atoms with van der Waals surface area (Å²) in [7, 11) is -2.44. The van der Waals surface area contributed by atoms with Gasteiger partial charge in [0.15, 0.2) is 0 Å². The van der Waals surface area contributed by atoms with Gasteiger partial charge in [0, 0.05) is 44.0 Å². The summed E-state index contributed by atoms with van der Waals surface area (Å²) in [4.78, 5) is 17.2. The number of carbonyl (C=O) groups is 1. The normalized spacial score (nSPS) is 11.2. The number of sulfonamides is 1. The second kappa shape index (κ2) is 8.98. The molecule has 0 radical (unpaired) electrons. The van der Waals surface area contributed by atoms with Gasteiger partial charge in [-0.1, -0.05) is 11.6 Å². The van der Waals surface area contributed by atoms with Gasteiger partial charge in [-0.2, -0.15) is 0 Å². The number of rotatable bonds is 8. The molecule has 0 spiro atoms. The highest BCUT2D eigenvalue weighted by Gasteiger charge is 2.20. The Morgan fingerprint density at radius 2 is 1.96 bits per heavy atom. The minimum atomic E-state index is -3.83. The molecule has 2 rings (SSSR count). The molecule has 2 aromatic rings. The van der Waals surface area contributed by atoms with Crippen molar-refractivity contribution in [3.8, 4) is 5.75 Å². The van der Waals surface area contributed by atoms with Crippen molar-refractivity contribution in [1.29, 1.82) is 0 Å². The fourth-order valence-corrected chi connectivity index (χ4v) is 3.76. The molecule has 0 aliphatic heterocycles. The van der Waals surface area contributed by atoms with Crippen molar-refractivity contribution in [3.05, 3.63) is 53.3 Å². The quantitative estimate of drug-likeness (QED) is 0.736. The highest BCUT2D eigenvalue weighted by atomic mass is 35.5. The largest absolute Gasteiger partial charge is 0.495 e. The molecule has 0 aliphatic carbocycles. The van der Waals surface area contributed by atoms with Gasteiger partial charge in [-0.25, -0.2) is 13.1 Å². The lowest BCUT2D eigenvalue weighted by Gasteiger charge is -2.21. The topological polar surface area (TPSA) is 88.6 Å². The fourth-order valence-electron chi connectivity index (χ4n) is 2.31. The first-order valence-electron chi connectivity index (χ1n) is 7.81. The van der Waals surface area contributed by atoms with Gasteiger partial charge in [0.1, 0.15) is 10.6 Å². The average Bonchev–Trinajstić information content (AvgIpc) is 2.61. The SMILES string of the molecule is COc1ccc(Cl)cc1S(=O)(=O)NCCN(Cc1ccncc1)C(C)=O. The summed E-state index contributed by atoms with van der Waals surface area (Å²) in [5, 5.41) is 0.286. The lowest BCUT2D eigenvalue weighted by molar-refractivity contribution is -0.129. The molecule has 1 amide bonds. The van der Waals surface area contributed by atoms with Crippen LogP contribution >= 0.6 is 11.6 Å². The third-order valence-corrected chi connectivity index (χ3v) is 5.37. The molecule has 9 heteroatoms. The van der Waals surface area contributed by atoms with Gasteiger partial charge in [0.25, 0.3) is 0 Å². The van der Waals surface area contributed by atoms with Crippen molar-refractivity contribution in [2.75, 3.05) is 20.2 Å². The predicted molar refractivity (Wildman–Crippen MR) is 98.5 cm³/mol. The lowest BCUT2D eigenvalue weighted by Crippen LogP contribution is -2.37. The van der Waals surface area contributed by atoms with Gasteiger partial charge in [-0.15, -0.1) is 0 Å². The molecule has 0 fully saturated rings. The summed E-state index contributed by atoms with van der Waals surface area (Å²) >= 11 is 5.89. The van der Waals surface area contributed by atoms with E-state index >= 15 is 0 Å². The molecule has 7 nitrogen and oxygen atoms in total. The van der Waals surface area contributed by atoms with Crippen LogP contribution in [0.5, 0.6) is 5.75 Å². The molecule has 1 heterocycles. The van der Waals surface area contributed by atoms with Crippen LogP contribution in [0.3, 0.4) is 0 Å². The van der Waals surface area contributed by atoms with E-state index < -0.39 is 10.0 Å². The third kappa shape index (κ3) is 5.42. The molecule has 0 atom stereocenters. The minimum absolute atomic E-state index is 0.0454. The maximum Gasteiger partial charge on any atom is 0.244 e. The maximum absolute atomic E-state index is 12.5. The molecule has 1 N–H and O–H groups in total. The summed E-state index contributed by atoms with van der Waals surface area (Å²) < 4.78 is 32.6. The molecule has 0 unspecified atom stereocenters. The Labute approximate surface area is 158 Å². The van der Waals surface area contributed by atoms with E-state index in [-0.39, 0.29) is 34.7 Å². The predicted octanol–water partition coefficient (Wildman–Crippen LogP) is 2.07. The zero-order chi connectivity index (χ0) is 19.2. The van der Waals surface area contributed by atoms with Gasteiger partial charge in [0.05, 0.1) is 7.11 Å². The van der Waals surface area contributed by atoms with Crippen LogP contribution in [0.4, 0.5) is 0 Å². The second-order valence-electron chi connectivity index (χ2n) is 5.49. The smallest absolute Gasteiger partial charge is 0.244 e. The molecule has 140 valence electrons. The van der Waals surface area contributed by atoms with Gasteiger partial charge >= 0.3 is 0 Å². The molecule has 1 aromatic carbocycles. The molecular formula is C17H20ClN3O4S. The van der Waals surface area contributed by atoms with Crippen LogP contribution in [-0.4, -0.2) is 44.4 Å². The Balaban J connectivity index is 2.04. The Morgan fingerprint density at radius 1 is 1.27 bits per heavy atom. The van der Waals surface area contributed by atoms with Crippen LogP contribution in [0, 0.1) is 0 Å². The van der Waals surface area contributed by atoms with Gasteiger partial charge in [-0.3, -0.25) is 9.78 Å². The van der Waals surface area contributed by atoms with Crippen LogP contribution < -0.4 is 9.46 Å². The fraction of sp³-hybridized carbons (Fsp3) is 0.294. The number of benzene rings is 1. The summed E-state index contributed by atoms with van der Waals surface area (Å²) in [6, 6.07) is 7.96. The van der Waals surface area contributed by atoms with Crippen molar-refractivity contribution < 1.29 is 17.9 Å². The number of hydrogen-bond acceptors (Lipinski definition) is 5. The zero-order valence-corrected chi connectivity index (χ0v) is 16.0. The van der Waals surface area contributed by atoms with Crippen molar-refractivity contribution in [3.63, 3.8) is 0 Å². The van der Waals surface area contributed by atoms with Gasteiger partial charge < -0.3 is 9.64 Å². The molecule has 0 saturated carbocycles. The molecular weight excluding hydrogens is 378 g/mol. The van der Waals surface area contributed by atoms with E-state index in [1.165, 1.54) is 26.2 Å². The number of aromatic nitrogens is 1. The summed E-state index contributed by atoms with van der Waals surface area (Å²) in [6.45, 7) is 2.10. The molecule has 0 saturated heterocycles. The highest BCUT2D eigenvalue weighted by Crippen LogP contribution is 2.26. The summed E-state index contributed by atoms with van der Waals surface area (Å²) in [5.41, 5.74) is 0.912. The first-order chi connectivity index (χ1) is 12.3. The Morgan fingerprint density at radius 3 is 2.58 bits per heavy atom. The number of nitrogens with one attached hydrogen (secondary N) is 1. The van der Waals surface area contributed by atoms with Crippen molar-refractivity contribution in [2.24, 2.45) is 0 Å². The first-order valence-corrected chi connectivity index (χ1v) is 9.67. The number of hydrogen-bond donors (Lipinski definition) is 1. The molecule has 0 bridgehead atoms. The molecule has 1 aromatic heterocycles. The Kier molecular flexibility index (Phi) is 6.96. The first kappa shape index (κ1) is 20.2. The van der Waals surface area contributed by atoms with E-state index in [1.54, 1.807) is 35.5 Å². The number of carbonyl (C=O) groups excluding carboxylic acids is 1. The van der Waals surface area contributed by atoms with Crippen LogP contribution in [0.15, 0.2) is 47.6 Å². The number of halogens is 1. The third-order valence-electron chi connectivity index (χ3n) is 3.66. The Hall–Kier alpha value is -2.16. The van der Waals surface area contributed by atoms with E-state index in [4.69, 9.17) is 16.3 Å². The second-order valence-corrected chi connectivity index (χ2v) is 7.66. The number of ether oxygens (including phenoxy) is 1. The average molecular weight is 398 g/mol. The van der Waals surface area contributed by atoms with Crippen molar-refractivity contribution >= 4 is 27.5 Å². The van der Waals surface area contributed by atoms with Crippen molar-refractivity contribution in [1.82, 2.24) is 14.6 Å². The van der Waals surface area contributed by atoms with E-state index in [0.717, 1.165) is 5.56 Å². The molecule has 26 heavy (non-hydrogen) atoms. The standard InChI is InChI=1S/C17H20ClN3O4S/c1-13(22)21(12-14-5-7-19-8-6-14)10-9-20-26(23,24)17-11-15(18)3-4-16(17)25-2/h3-8,11,20H,9-10,12H2,1-2H3. The monoisotopic (exact) mass is 397 g/mol. The van der Waals surface area contributed by atoms with E-state index in [2.05, 4.69) is 9.71 Å². The molecule has 0 aliphatic rings. The lowest BCUT2D eigenvalue weighted by atomic mass is 10.2. The highest BCUT2D eigenvalue weighted by molar-refractivity contribution is 7.89. The minimum Gasteiger partial charge on any atom is -0.495 e. The van der Waals surface area contributed by atoms with E-state index in [0.29, 0.717) is 6.54 Å². The van der Waals surface area contributed by atoms with Gasteiger partial charge in [0.2, 0.25) is 15.9 Å². The number of nitrogens with zero attached hydrogens (tertiary/aromatic N) is 2. The number of methoxy groups -OCH3 is 1. The number of amides is 1. The van der Waals surface area contributed by atoms with Crippen LogP contribution in [0.2, 0.25) is 5.02 Å². The van der Waals surface area contributed by atoms with E-state index in [1.807, 2.05) is 0 Å². The van der Waals surface area contributed by atoms with Crippen LogP contribution in [0.1, 0.15) is 12.5 Å². The van der Waals surface area contributed by atoms with Crippen molar-refractivity contribution in [2.45, 2.75) is 18.4 Å². The summed E-state index contributed by atoms with van der Waals surface area (Å²) in [5.74, 6) is 0.0449.